The van der Waals surface area contributed by atoms with Crippen molar-refractivity contribution in [3.63, 3.8) is 0 Å². The number of amides is 1. The van der Waals surface area contributed by atoms with E-state index in [4.69, 9.17) is 0 Å². The maximum absolute atomic E-state index is 12.3. The normalized spacial score (nSPS) is 17.4. The maximum Gasteiger partial charge on any atom is 0.267 e. The van der Waals surface area contributed by atoms with Crippen LogP contribution in [0.4, 0.5) is 0 Å². The van der Waals surface area contributed by atoms with Crippen LogP contribution in [-0.2, 0) is 6.42 Å². The molecule has 94 valence electrons. The summed E-state index contributed by atoms with van der Waals surface area (Å²) in [7, 11) is 0. The molecule has 1 aromatic heterocycles. The van der Waals surface area contributed by atoms with E-state index in [1.54, 1.807) is 0 Å². The molecule has 0 spiro atoms. The number of rotatable bonds is 3. The van der Waals surface area contributed by atoms with E-state index in [-0.39, 0.29) is 5.91 Å². The zero-order chi connectivity index (χ0) is 12.3. The third-order valence-corrected chi connectivity index (χ3v) is 4.88. The molecule has 0 atom stereocenters. The Morgan fingerprint density at radius 2 is 2.24 bits per heavy atom. The first-order valence-corrected chi connectivity index (χ1v) is 7.82. The highest BCUT2D eigenvalue weighted by atomic mass is 79.9. The highest BCUT2D eigenvalue weighted by Crippen LogP contribution is 2.22. The number of carbonyl (C=O) groups is 1. The van der Waals surface area contributed by atoms with E-state index in [0.717, 1.165) is 48.3 Å². The lowest BCUT2D eigenvalue weighted by Crippen LogP contribution is -2.38. The first-order valence-electron chi connectivity index (χ1n) is 5.92. The molecule has 1 fully saturated rings. The molecule has 2 heterocycles. The minimum Gasteiger partial charge on any atom is -0.338 e. The van der Waals surface area contributed by atoms with Crippen LogP contribution in [0.3, 0.4) is 0 Å². The smallest absolute Gasteiger partial charge is 0.267 e. The predicted octanol–water partition coefficient (Wildman–Crippen LogP) is 2.35. The average molecular weight is 318 g/mol. The molecule has 1 saturated heterocycles. The molecule has 2 rings (SSSR count). The van der Waals surface area contributed by atoms with Crippen molar-refractivity contribution < 1.29 is 4.79 Å². The first kappa shape index (κ1) is 13.0. The summed E-state index contributed by atoms with van der Waals surface area (Å²) in [6.45, 7) is 3.72. The van der Waals surface area contributed by atoms with Crippen molar-refractivity contribution in [2.24, 2.45) is 5.92 Å². The van der Waals surface area contributed by atoms with Crippen molar-refractivity contribution in [3.05, 3.63) is 10.6 Å². The SMILES string of the molecule is CCc1nnsc1C(=O)N1CCC(CBr)CC1. The molecule has 1 aliphatic rings. The molecule has 4 nitrogen and oxygen atoms in total. The molecular weight excluding hydrogens is 302 g/mol. The number of halogens is 1. The Hall–Kier alpha value is -0.490. The second-order valence-corrected chi connectivity index (χ2v) is 5.69. The zero-order valence-electron chi connectivity index (χ0n) is 9.86. The van der Waals surface area contributed by atoms with E-state index >= 15 is 0 Å². The summed E-state index contributed by atoms with van der Waals surface area (Å²) < 4.78 is 3.88. The van der Waals surface area contributed by atoms with Gasteiger partial charge >= 0.3 is 0 Å². The van der Waals surface area contributed by atoms with E-state index in [2.05, 4.69) is 25.5 Å². The highest BCUT2D eigenvalue weighted by Gasteiger charge is 2.25. The van der Waals surface area contributed by atoms with Gasteiger partial charge in [-0.15, -0.1) is 5.10 Å². The Balaban J connectivity index is 2.02. The Morgan fingerprint density at radius 3 is 2.82 bits per heavy atom. The molecule has 0 bridgehead atoms. The molecule has 0 saturated carbocycles. The summed E-state index contributed by atoms with van der Waals surface area (Å²) in [5.74, 6) is 0.828. The molecule has 1 aromatic rings. The van der Waals surface area contributed by atoms with E-state index in [9.17, 15) is 4.79 Å². The summed E-state index contributed by atoms with van der Waals surface area (Å²) >= 11 is 4.73. The number of aryl methyl sites for hydroxylation is 1. The van der Waals surface area contributed by atoms with Gasteiger partial charge in [0.15, 0.2) is 0 Å². The van der Waals surface area contributed by atoms with Gasteiger partial charge < -0.3 is 4.90 Å². The van der Waals surface area contributed by atoms with Crippen molar-refractivity contribution in [2.75, 3.05) is 18.4 Å². The number of carbonyl (C=O) groups excluding carboxylic acids is 1. The van der Waals surface area contributed by atoms with Crippen LogP contribution in [0.2, 0.25) is 0 Å². The fraction of sp³-hybridized carbons (Fsp3) is 0.727. The molecule has 0 radical (unpaired) electrons. The fourth-order valence-corrected chi connectivity index (χ4v) is 3.40. The van der Waals surface area contributed by atoms with Crippen LogP contribution in [0.25, 0.3) is 0 Å². The second-order valence-electron chi connectivity index (χ2n) is 4.29. The van der Waals surface area contributed by atoms with E-state index in [1.165, 1.54) is 11.5 Å². The standard InChI is InChI=1S/C11H16BrN3OS/c1-2-9-10(17-14-13-9)11(16)15-5-3-8(7-12)4-6-15/h8H,2-7H2,1H3. The van der Waals surface area contributed by atoms with Gasteiger partial charge in [0.2, 0.25) is 0 Å². The van der Waals surface area contributed by atoms with Gasteiger partial charge in [0.1, 0.15) is 4.88 Å². The van der Waals surface area contributed by atoms with Crippen LogP contribution in [0, 0.1) is 5.92 Å². The van der Waals surface area contributed by atoms with Gasteiger partial charge in [-0.3, -0.25) is 4.79 Å². The van der Waals surface area contributed by atoms with E-state index in [1.807, 2.05) is 11.8 Å². The predicted molar refractivity (Wildman–Crippen MR) is 71.7 cm³/mol. The van der Waals surface area contributed by atoms with Gasteiger partial charge in [0.05, 0.1) is 5.69 Å². The lowest BCUT2D eigenvalue weighted by molar-refractivity contribution is 0.0702. The Bertz CT molecular complexity index is 388. The van der Waals surface area contributed by atoms with Crippen molar-refractivity contribution in [1.82, 2.24) is 14.5 Å². The Morgan fingerprint density at radius 1 is 1.53 bits per heavy atom. The van der Waals surface area contributed by atoms with Crippen LogP contribution in [0.1, 0.15) is 35.1 Å². The van der Waals surface area contributed by atoms with Gasteiger partial charge in [0, 0.05) is 18.4 Å². The van der Waals surface area contributed by atoms with Crippen molar-refractivity contribution >= 4 is 33.4 Å². The Kier molecular flexibility index (Phi) is 4.50. The molecule has 0 unspecified atom stereocenters. The maximum atomic E-state index is 12.3. The van der Waals surface area contributed by atoms with Crippen LogP contribution in [-0.4, -0.2) is 38.8 Å². The van der Waals surface area contributed by atoms with Crippen LogP contribution < -0.4 is 0 Å². The molecular formula is C11H16BrN3OS. The lowest BCUT2D eigenvalue weighted by Gasteiger charge is -2.30. The number of hydrogen-bond acceptors (Lipinski definition) is 4. The van der Waals surface area contributed by atoms with Gasteiger partial charge in [-0.2, -0.15) is 0 Å². The van der Waals surface area contributed by atoms with Gasteiger partial charge in [-0.1, -0.05) is 27.3 Å². The van der Waals surface area contributed by atoms with Crippen molar-refractivity contribution in [2.45, 2.75) is 26.2 Å². The molecule has 1 aliphatic heterocycles. The topological polar surface area (TPSA) is 46.1 Å². The summed E-state index contributed by atoms with van der Waals surface area (Å²) in [6.07, 6.45) is 2.95. The summed E-state index contributed by atoms with van der Waals surface area (Å²) in [5.41, 5.74) is 0.836. The number of aromatic nitrogens is 2. The monoisotopic (exact) mass is 317 g/mol. The van der Waals surface area contributed by atoms with Gasteiger partial charge in [-0.25, -0.2) is 0 Å². The largest absolute Gasteiger partial charge is 0.338 e. The fourth-order valence-electron chi connectivity index (χ4n) is 2.04. The molecule has 0 N–H and O–H groups in total. The molecule has 1 amide bonds. The number of piperidine rings is 1. The van der Waals surface area contributed by atoms with Crippen LogP contribution in [0.15, 0.2) is 0 Å². The quantitative estimate of drug-likeness (QED) is 0.804. The van der Waals surface area contributed by atoms with Crippen molar-refractivity contribution in [3.8, 4) is 0 Å². The lowest BCUT2D eigenvalue weighted by atomic mass is 9.99. The Labute approximate surface area is 114 Å². The van der Waals surface area contributed by atoms with Crippen LogP contribution >= 0.6 is 27.5 Å². The van der Waals surface area contributed by atoms with E-state index < -0.39 is 0 Å². The molecule has 17 heavy (non-hydrogen) atoms. The van der Waals surface area contributed by atoms with Crippen molar-refractivity contribution in [1.29, 1.82) is 0 Å². The summed E-state index contributed by atoms with van der Waals surface area (Å²) in [5, 5.41) is 5.03. The average Bonchev–Trinajstić information content (AvgIpc) is 2.86. The minimum atomic E-state index is 0.116. The van der Waals surface area contributed by atoms with E-state index in [0.29, 0.717) is 5.92 Å². The summed E-state index contributed by atoms with van der Waals surface area (Å²) in [6, 6.07) is 0. The molecule has 0 aliphatic carbocycles. The minimum absolute atomic E-state index is 0.116. The van der Waals surface area contributed by atoms with Crippen LogP contribution in [0.5, 0.6) is 0 Å². The zero-order valence-corrected chi connectivity index (χ0v) is 12.3. The summed E-state index contributed by atoms with van der Waals surface area (Å²) in [4.78, 5) is 14.9. The van der Waals surface area contributed by atoms with Gasteiger partial charge in [0.25, 0.3) is 5.91 Å². The third-order valence-electron chi connectivity index (χ3n) is 3.20. The number of nitrogens with zero attached hydrogens (tertiary/aromatic N) is 3. The molecule has 6 heteroatoms. The number of hydrogen-bond donors (Lipinski definition) is 0. The highest BCUT2D eigenvalue weighted by molar-refractivity contribution is 9.09. The first-order chi connectivity index (χ1) is 8.26. The number of likely N-dealkylation sites (tertiary alicyclic amines) is 1. The third kappa shape index (κ3) is 2.85. The molecule has 0 aromatic carbocycles. The number of alkyl halides is 1. The second kappa shape index (κ2) is 5.91. The van der Waals surface area contributed by atoms with Gasteiger partial charge in [-0.05, 0) is 36.7 Å².